The van der Waals surface area contributed by atoms with E-state index in [0.717, 1.165) is 18.6 Å². The standard InChI is InChI=1S/C7H11NO.C3H5NS/c8-6-9-7-4-2-1-3-5-7;1-2-5-3-4/h7H,1-5H2;2H2,1H3. The Morgan fingerprint density at radius 2 is 1.93 bits per heavy atom. The molecule has 78 valence electrons. The number of nitrogens with zero attached hydrogens (tertiary/aromatic N) is 2. The summed E-state index contributed by atoms with van der Waals surface area (Å²) in [4.78, 5) is 0. The zero-order valence-corrected chi connectivity index (χ0v) is 9.35. The van der Waals surface area contributed by atoms with Gasteiger partial charge in [0.2, 0.25) is 0 Å². The lowest BCUT2D eigenvalue weighted by atomic mass is 9.98. The summed E-state index contributed by atoms with van der Waals surface area (Å²) in [7, 11) is 0. The second-order valence-electron chi connectivity index (χ2n) is 2.99. The predicted octanol–water partition coefficient (Wildman–Crippen LogP) is 3.04. The van der Waals surface area contributed by atoms with E-state index in [2.05, 4.69) is 0 Å². The lowest BCUT2D eigenvalue weighted by Gasteiger charge is -2.17. The van der Waals surface area contributed by atoms with Crippen LogP contribution in [0.25, 0.3) is 0 Å². The van der Waals surface area contributed by atoms with Gasteiger partial charge in [-0.2, -0.15) is 10.5 Å². The van der Waals surface area contributed by atoms with E-state index in [1.54, 1.807) is 6.26 Å². The summed E-state index contributed by atoms with van der Waals surface area (Å²) >= 11 is 1.27. The zero-order chi connectivity index (χ0) is 10.6. The van der Waals surface area contributed by atoms with Crippen LogP contribution < -0.4 is 0 Å². The maximum Gasteiger partial charge on any atom is 0.286 e. The summed E-state index contributed by atoms with van der Waals surface area (Å²) in [5, 5.41) is 17.9. The number of hydrogen-bond acceptors (Lipinski definition) is 4. The highest BCUT2D eigenvalue weighted by Crippen LogP contribution is 2.19. The van der Waals surface area contributed by atoms with E-state index >= 15 is 0 Å². The molecule has 1 rings (SSSR count). The molecule has 1 saturated carbocycles. The molecule has 0 aromatic rings. The Bertz CT molecular complexity index is 201. The molecular weight excluding hydrogens is 196 g/mol. The zero-order valence-electron chi connectivity index (χ0n) is 8.53. The summed E-state index contributed by atoms with van der Waals surface area (Å²) in [6.45, 7) is 1.95. The number of thiocyanates is 1. The summed E-state index contributed by atoms with van der Waals surface area (Å²) in [5.41, 5.74) is 0. The molecule has 14 heavy (non-hydrogen) atoms. The highest BCUT2D eigenvalue weighted by Gasteiger charge is 2.13. The Kier molecular flexibility index (Phi) is 9.58. The van der Waals surface area contributed by atoms with Crippen molar-refractivity contribution in [1.82, 2.24) is 0 Å². The van der Waals surface area contributed by atoms with Gasteiger partial charge in [-0.25, -0.2) is 0 Å². The molecular formula is C10H16N2OS. The highest BCUT2D eigenvalue weighted by atomic mass is 32.2. The minimum atomic E-state index is 0.240. The van der Waals surface area contributed by atoms with Gasteiger partial charge in [0.05, 0.1) is 0 Å². The van der Waals surface area contributed by atoms with Gasteiger partial charge >= 0.3 is 0 Å². The maximum absolute atomic E-state index is 8.15. The fourth-order valence-corrected chi connectivity index (χ4v) is 1.45. The van der Waals surface area contributed by atoms with Crippen LogP contribution in [-0.4, -0.2) is 11.9 Å². The number of rotatable bonds is 2. The summed E-state index contributed by atoms with van der Waals surface area (Å²) < 4.78 is 4.79. The Morgan fingerprint density at radius 1 is 1.29 bits per heavy atom. The van der Waals surface area contributed by atoms with E-state index in [4.69, 9.17) is 15.3 Å². The van der Waals surface area contributed by atoms with Crippen LogP contribution in [-0.2, 0) is 4.74 Å². The van der Waals surface area contributed by atoms with Crippen LogP contribution in [0.1, 0.15) is 39.0 Å². The van der Waals surface area contributed by atoms with E-state index in [-0.39, 0.29) is 6.10 Å². The van der Waals surface area contributed by atoms with Gasteiger partial charge in [0, 0.05) is 5.75 Å². The third kappa shape index (κ3) is 7.76. The molecule has 0 aromatic heterocycles. The molecule has 0 N–H and O–H groups in total. The number of nitriles is 2. The van der Waals surface area contributed by atoms with Gasteiger partial charge in [0.25, 0.3) is 6.26 Å². The van der Waals surface area contributed by atoms with Gasteiger partial charge in [-0.15, -0.1) is 0 Å². The van der Waals surface area contributed by atoms with Gasteiger partial charge in [-0.05, 0) is 37.4 Å². The van der Waals surface area contributed by atoms with Crippen molar-refractivity contribution < 1.29 is 4.74 Å². The molecule has 3 nitrogen and oxygen atoms in total. The number of hydrogen-bond donors (Lipinski definition) is 0. The van der Waals surface area contributed by atoms with Crippen molar-refractivity contribution in [2.45, 2.75) is 45.1 Å². The molecule has 4 heteroatoms. The first kappa shape index (κ1) is 13.1. The van der Waals surface area contributed by atoms with Gasteiger partial charge in [-0.1, -0.05) is 13.3 Å². The fraction of sp³-hybridized carbons (Fsp3) is 0.800. The highest BCUT2D eigenvalue weighted by molar-refractivity contribution is 8.03. The third-order valence-electron chi connectivity index (χ3n) is 1.98. The molecule has 0 unspecified atom stereocenters. The number of ether oxygens (including phenoxy) is 1. The molecule has 1 fully saturated rings. The Morgan fingerprint density at radius 3 is 2.29 bits per heavy atom. The molecule has 0 amide bonds. The summed E-state index contributed by atoms with van der Waals surface area (Å²) in [5.74, 6) is 0.899. The first-order valence-corrected chi connectivity index (χ1v) is 5.89. The molecule has 0 bridgehead atoms. The van der Waals surface area contributed by atoms with Crippen molar-refractivity contribution in [3.8, 4) is 11.7 Å². The van der Waals surface area contributed by atoms with Crippen molar-refractivity contribution in [3.05, 3.63) is 0 Å². The smallest absolute Gasteiger partial charge is 0.286 e. The van der Waals surface area contributed by atoms with Gasteiger partial charge in [-0.3, -0.25) is 0 Å². The monoisotopic (exact) mass is 212 g/mol. The Balaban J connectivity index is 0.000000292. The van der Waals surface area contributed by atoms with E-state index in [1.807, 2.05) is 12.3 Å². The molecule has 0 spiro atoms. The predicted molar refractivity (Wildman–Crippen MR) is 57.3 cm³/mol. The van der Waals surface area contributed by atoms with Crippen LogP contribution in [0.5, 0.6) is 0 Å². The van der Waals surface area contributed by atoms with Crippen molar-refractivity contribution in [2.24, 2.45) is 0 Å². The molecule has 1 aliphatic carbocycles. The topological polar surface area (TPSA) is 56.8 Å². The second kappa shape index (κ2) is 10.2. The molecule has 0 saturated heterocycles. The molecule has 0 heterocycles. The van der Waals surface area contributed by atoms with Crippen molar-refractivity contribution >= 4 is 11.8 Å². The van der Waals surface area contributed by atoms with Crippen LogP contribution in [0.15, 0.2) is 0 Å². The fourth-order valence-electron chi connectivity index (χ4n) is 1.32. The molecule has 0 aliphatic heterocycles. The molecule has 0 radical (unpaired) electrons. The van der Waals surface area contributed by atoms with E-state index in [1.165, 1.54) is 31.0 Å². The average molecular weight is 212 g/mol. The van der Waals surface area contributed by atoms with E-state index in [9.17, 15) is 0 Å². The van der Waals surface area contributed by atoms with E-state index in [0.29, 0.717) is 0 Å². The van der Waals surface area contributed by atoms with Gasteiger partial charge in [0.1, 0.15) is 11.5 Å². The van der Waals surface area contributed by atoms with Crippen LogP contribution >= 0.6 is 11.8 Å². The molecule has 0 atom stereocenters. The van der Waals surface area contributed by atoms with Crippen LogP contribution in [0, 0.1) is 22.2 Å². The molecule has 0 aromatic carbocycles. The third-order valence-corrected chi connectivity index (χ3v) is 2.40. The normalized spacial score (nSPS) is 15.6. The van der Waals surface area contributed by atoms with Crippen LogP contribution in [0.2, 0.25) is 0 Å². The first-order chi connectivity index (χ1) is 6.85. The Hall–Kier alpha value is -0.870. The lowest BCUT2D eigenvalue weighted by molar-refractivity contribution is 0.120. The quantitative estimate of drug-likeness (QED) is 0.660. The Labute approximate surface area is 90.0 Å². The summed E-state index contributed by atoms with van der Waals surface area (Å²) in [6, 6.07) is 0. The van der Waals surface area contributed by atoms with Crippen LogP contribution in [0.4, 0.5) is 0 Å². The van der Waals surface area contributed by atoms with E-state index < -0.39 is 0 Å². The summed E-state index contributed by atoms with van der Waals surface area (Å²) in [6.07, 6.45) is 7.90. The van der Waals surface area contributed by atoms with Gasteiger partial charge in [0.15, 0.2) is 0 Å². The van der Waals surface area contributed by atoms with Crippen molar-refractivity contribution in [3.63, 3.8) is 0 Å². The number of thioether (sulfide) groups is 1. The lowest BCUT2D eigenvalue weighted by Crippen LogP contribution is -2.13. The minimum Gasteiger partial charge on any atom is -0.424 e. The van der Waals surface area contributed by atoms with Crippen molar-refractivity contribution in [2.75, 3.05) is 5.75 Å². The average Bonchev–Trinajstić information content (AvgIpc) is 2.22. The van der Waals surface area contributed by atoms with Crippen molar-refractivity contribution in [1.29, 1.82) is 10.5 Å². The van der Waals surface area contributed by atoms with Crippen LogP contribution in [0.3, 0.4) is 0 Å². The minimum absolute atomic E-state index is 0.240. The maximum atomic E-state index is 8.15. The molecule has 1 aliphatic rings. The SMILES string of the molecule is CCSC#N.N#COC1CCCCC1. The largest absolute Gasteiger partial charge is 0.424 e. The second-order valence-corrected chi connectivity index (χ2v) is 4.04. The van der Waals surface area contributed by atoms with Gasteiger partial charge < -0.3 is 4.74 Å². The first-order valence-electron chi connectivity index (χ1n) is 4.90.